The van der Waals surface area contributed by atoms with Crippen molar-refractivity contribution < 1.29 is 9.59 Å². The van der Waals surface area contributed by atoms with Gasteiger partial charge in [-0.15, -0.1) is 11.8 Å². The Morgan fingerprint density at radius 1 is 0.967 bits per heavy atom. The molecule has 0 aliphatic heterocycles. The molecular weight excluding hydrogens is 392 g/mol. The van der Waals surface area contributed by atoms with Gasteiger partial charge in [0, 0.05) is 18.3 Å². The summed E-state index contributed by atoms with van der Waals surface area (Å²) >= 11 is 1.60. The highest BCUT2D eigenvalue weighted by Gasteiger charge is 2.25. The highest BCUT2D eigenvalue weighted by molar-refractivity contribution is 7.99. The van der Waals surface area contributed by atoms with Crippen LogP contribution < -0.4 is 5.32 Å². The van der Waals surface area contributed by atoms with Crippen molar-refractivity contribution in [2.45, 2.75) is 58.9 Å². The lowest BCUT2D eigenvalue weighted by atomic mass is 10.1. The molecule has 0 saturated heterocycles. The third kappa shape index (κ3) is 7.86. The van der Waals surface area contributed by atoms with E-state index in [1.54, 1.807) is 16.7 Å². The van der Waals surface area contributed by atoms with Crippen LogP contribution in [-0.2, 0) is 21.8 Å². The quantitative estimate of drug-likeness (QED) is 0.608. The summed E-state index contributed by atoms with van der Waals surface area (Å²) in [6.45, 7) is 10.4. The molecule has 0 bridgehead atoms. The van der Waals surface area contributed by atoms with Crippen molar-refractivity contribution in [2.75, 3.05) is 12.3 Å². The number of thioether (sulfide) groups is 1. The number of hydrogen-bond acceptors (Lipinski definition) is 3. The molecule has 4 nitrogen and oxygen atoms in total. The molecule has 1 atom stereocenters. The van der Waals surface area contributed by atoms with Gasteiger partial charge in [0.15, 0.2) is 0 Å². The molecule has 0 aliphatic carbocycles. The summed E-state index contributed by atoms with van der Waals surface area (Å²) in [4.78, 5) is 27.3. The van der Waals surface area contributed by atoms with E-state index in [1.165, 1.54) is 16.7 Å². The molecule has 0 fully saturated rings. The van der Waals surface area contributed by atoms with Crippen LogP contribution in [0.5, 0.6) is 0 Å². The summed E-state index contributed by atoms with van der Waals surface area (Å²) in [5, 5.41) is 2.93. The predicted molar refractivity (Wildman–Crippen MR) is 127 cm³/mol. The standard InChI is InChI=1S/C25H34N2O2S/c1-18(2)26-25(29)21(5)27(12-11-22-9-7-6-8-10-22)24(28)17-30-16-23-14-19(3)13-20(4)15-23/h6-10,13-15,18,21H,11-12,16-17H2,1-5H3,(H,26,29). The van der Waals surface area contributed by atoms with E-state index in [9.17, 15) is 9.59 Å². The SMILES string of the molecule is Cc1cc(C)cc(CSCC(=O)N(CCc2ccccc2)C(C)C(=O)NC(C)C)c1. The van der Waals surface area contributed by atoms with Gasteiger partial charge in [-0.25, -0.2) is 0 Å². The highest BCUT2D eigenvalue weighted by Crippen LogP contribution is 2.17. The van der Waals surface area contributed by atoms with Crippen LogP contribution in [-0.4, -0.2) is 41.1 Å². The van der Waals surface area contributed by atoms with E-state index in [0.717, 1.165) is 17.7 Å². The maximum atomic E-state index is 13.0. The minimum Gasteiger partial charge on any atom is -0.352 e. The summed E-state index contributed by atoms with van der Waals surface area (Å²) < 4.78 is 0. The van der Waals surface area contributed by atoms with Crippen LogP contribution in [0.15, 0.2) is 48.5 Å². The van der Waals surface area contributed by atoms with Crippen molar-refractivity contribution in [3.8, 4) is 0 Å². The van der Waals surface area contributed by atoms with Gasteiger partial charge >= 0.3 is 0 Å². The zero-order valence-electron chi connectivity index (χ0n) is 18.8. The maximum Gasteiger partial charge on any atom is 0.242 e. The Hall–Kier alpha value is -2.27. The Bertz CT molecular complexity index is 816. The minimum absolute atomic E-state index is 0.00622. The fourth-order valence-corrected chi connectivity index (χ4v) is 4.31. The van der Waals surface area contributed by atoms with E-state index in [0.29, 0.717) is 12.3 Å². The monoisotopic (exact) mass is 426 g/mol. The number of rotatable bonds is 10. The molecule has 0 aromatic heterocycles. The molecule has 2 aromatic rings. The topological polar surface area (TPSA) is 49.4 Å². The average Bonchev–Trinajstić information content (AvgIpc) is 2.67. The van der Waals surface area contributed by atoms with Gasteiger partial charge in [-0.1, -0.05) is 59.7 Å². The van der Waals surface area contributed by atoms with Gasteiger partial charge in [-0.05, 0) is 52.2 Å². The second kappa shape index (κ2) is 11.8. The number of amides is 2. The third-order valence-electron chi connectivity index (χ3n) is 4.86. The molecule has 5 heteroatoms. The van der Waals surface area contributed by atoms with Crippen LogP contribution in [0.3, 0.4) is 0 Å². The Balaban J connectivity index is 2.01. The largest absolute Gasteiger partial charge is 0.352 e. The fourth-order valence-electron chi connectivity index (χ4n) is 3.47. The molecule has 2 amide bonds. The summed E-state index contributed by atoms with van der Waals surface area (Å²) in [5.41, 5.74) is 4.86. The molecule has 1 unspecified atom stereocenters. The van der Waals surface area contributed by atoms with Crippen LogP contribution >= 0.6 is 11.8 Å². The molecule has 30 heavy (non-hydrogen) atoms. The van der Waals surface area contributed by atoms with E-state index in [4.69, 9.17) is 0 Å². The number of nitrogens with zero attached hydrogens (tertiary/aromatic N) is 1. The molecule has 2 aromatic carbocycles. The van der Waals surface area contributed by atoms with Gasteiger partial charge in [0.05, 0.1) is 5.75 Å². The second-order valence-electron chi connectivity index (χ2n) is 8.15. The van der Waals surface area contributed by atoms with Gasteiger partial charge in [-0.3, -0.25) is 9.59 Å². The third-order valence-corrected chi connectivity index (χ3v) is 5.85. The Labute approximate surface area is 185 Å². The molecule has 2 rings (SSSR count). The number of nitrogens with one attached hydrogen (secondary N) is 1. The number of carbonyl (C=O) groups is 2. The number of hydrogen-bond donors (Lipinski definition) is 1. The Morgan fingerprint density at radius 2 is 1.60 bits per heavy atom. The predicted octanol–water partition coefficient (Wildman–Crippen LogP) is 4.52. The molecule has 0 saturated carbocycles. The number of carbonyl (C=O) groups excluding carboxylic acids is 2. The Kier molecular flexibility index (Phi) is 9.44. The molecule has 162 valence electrons. The number of aryl methyl sites for hydroxylation is 2. The van der Waals surface area contributed by atoms with Gasteiger partial charge < -0.3 is 10.2 Å². The smallest absolute Gasteiger partial charge is 0.242 e. The van der Waals surface area contributed by atoms with Gasteiger partial charge in [-0.2, -0.15) is 0 Å². The van der Waals surface area contributed by atoms with Crippen LogP contribution in [0.25, 0.3) is 0 Å². The Morgan fingerprint density at radius 3 is 2.20 bits per heavy atom. The van der Waals surface area contributed by atoms with Gasteiger partial charge in [0.2, 0.25) is 11.8 Å². The van der Waals surface area contributed by atoms with Crippen molar-refractivity contribution in [2.24, 2.45) is 0 Å². The summed E-state index contributed by atoms with van der Waals surface area (Å²) in [7, 11) is 0. The lowest BCUT2D eigenvalue weighted by Crippen LogP contribution is -2.50. The fraction of sp³-hybridized carbons (Fsp3) is 0.440. The summed E-state index contributed by atoms with van der Waals surface area (Å²) in [5.74, 6) is 1.05. The zero-order valence-corrected chi connectivity index (χ0v) is 19.6. The van der Waals surface area contributed by atoms with E-state index in [1.807, 2.05) is 39.0 Å². The van der Waals surface area contributed by atoms with E-state index in [2.05, 4.69) is 49.5 Å². The van der Waals surface area contributed by atoms with Crippen molar-refractivity contribution in [1.29, 1.82) is 0 Å². The lowest BCUT2D eigenvalue weighted by molar-refractivity contribution is -0.138. The van der Waals surface area contributed by atoms with Crippen molar-refractivity contribution >= 4 is 23.6 Å². The second-order valence-corrected chi connectivity index (χ2v) is 9.14. The molecule has 0 heterocycles. The van der Waals surface area contributed by atoms with Crippen molar-refractivity contribution in [3.63, 3.8) is 0 Å². The van der Waals surface area contributed by atoms with Gasteiger partial charge in [0.1, 0.15) is 6.04 Å². The van der Waals surface area contributed by atoms with Crippen LogP contribution in [0, 0.1) is 13.8 Å². The van der Waals surface area contributed by atoms with E-state index < -0.39 is 6.04 Å². The first kappa shape index (κ1) is 24.0. The zero-order chi connectivity index (χ0) is 22.1. The maximum absolute atomic E-state index is 13.0. The van der Waals surface area contributed by atoms with Crippen LogP contribution in [0.4, 0.5) is 0 Å². The van der Waals surface area contributed by atoms with Crippen LogP contribution in [0.2, 0.25) is 0 Å². The van der Waals surface area contributed by atoms with Crippen molar-refractivity contribution in [3.05, 3.63) is 70.8 Å². The molecule has 0 aliphatic rings. The molecular formula is C25H34N2O2S. The first-order valence-electron chi connectivity index (χ1n) is 10.5. The van der Waals surface area contributed by atoms with Gasteiger partial charge in [0.25, 0.3) is 0 Å². The number of benzene rings is 2. The van der Waals surface area contributed by atoms with E-state index >= 15 is 0 Å². The molecule has 1 N–H and O–H groups in total. The minimum atomic E-state index is -0.495. The first-order valence-corrected chi connectivity index (χ1v) is 11.7. The molecule has 0 radical (unpaired) electrons. The normalized spacial score (nSPS) is 11.9. The summed E-state index contributed by atoms with van der Waals surface area (Å²) in [6.07, 6.45) is 0.730. The highest BCUT2D eigenvalue weighted by atomic mass is 32.2. The van der Waals surface area contributed by atoms with E-state index in [-0.39, 0.29) is 17.9 Å². The summed E-state index contributed by atoms with van der Waals surface area (Å²) in [6, 6.07) is 16.1. The lowest BCUT2D eigenvalue weighted by Gasteiger charge is -2.29. The molecule has 0 spiro atoms. The average molecular weight is 427 g/mol. The van der Waals surface area contributed by atoms with Crippen molar-refractivity contribution in [1.82, 2.24) is 10.2 Å². The van der Waals surface area contributed by atoms with Crippen LogP contribution in [0.1, 0.15) is 43.0 Å². The first-order chi connectivity index (χ1) is 14.3.